The monoisotopic (exact) mass is 224 g/mol. The lowest BCUT2D eigenvalue weighted by molar-refractivity contribution is 0.617. The highest BCUT2D eigenvalue weighted by Crippen LogP contribution is 2.09. The van der Waals surface area contributed by atoms with Crippen LogP contribution in [0, 0.1) is 24.6 Å². The minimum Gasteiger partial charge on any atom is -0.207 e. The Hall–Kier alpha value is -2.07. The Kier molecular flexibility index (Phi) is 3.57. The second-order valence-electron chi connectivity index (χ2n) is 3.93. The van der Waals surface area contributed by atoms with Gasteiger partial charge >= 0.3 is 0 Å². The van der Waals surface area contributed by atoms with Crippen molar-refractivity contribution in [3.63, 3.8) is 0 Å². The van der Waals surface area contributed by atoms with E-state index in [-0.39, 0.29) is 5.82 Å². The fraction of sp³-hybridized carbons (Fsp3) is 0.125. The summed E-state index contributed by atoms with van der Waals surface area (Å²) in [6.45, 7) is 1.76. The summed E-state index contributed by atoms with van der Waals surface area (Å²) >= 11 is 0. The lowest BCUT2D eigenvalue weighted by Crippen LogP contribution is -1.87. The minimum atomic E-state index is -0.163. The number of halogens is 1. The number of hydrogen-bond acceptors (Lipinski definition) is 0. The van der Waals surface area contributed by atoms with Crippen molar-refractivity contribution in [3.05, 3.63) is 71.0 Å². The van der Waals surface area contributed by atoms with Crippen LogP contribution in [0.2, 0.25) is 0 Å². The van der Waals surface area contributed by atoms with Crippen LogP contribution in [0.5, 0.6) is 0 Å². The zero-order valence-electron chi connectivity index (χ0n) is 9.70. The topological polar surface area (TPSA) is 0 Å². The van der Waals surface area contributed by atoms with Gasteiger partial charge in [-0.05, 0) is 36.2 Å². The van der Waals surface area contributed by atoms with Gasteiger partial charge < -0.3 is 0 Å². The first-order valence-electron chi connectivity index (χ1n) is 5.54. The molecule has 0 aliphatic carbocycles. The van der Waals surface area contributed by atoms with Gasteiger partial charge in [0.2, 0.25) is 0 Å². The Morgan fingerprint density at radius 3 is 2.53 bits per heavy atom. The second-order valence-corrected chi connectivity index (χ2v) is 3.93. The van der Waals surface area contributed by atoms with E-state index in [1.165, 1.54) is 0 Å². The van der Waals surface area contributed by atoms with E-state index >= 15 is 0 Å². The van der Waals surface area contributed by atoms with Crippen molar-refractivity contribution in [3.8, 4) is 11.8 Å². The van der Waals surface area contributed by atoms with E-state index in [0.29, 0.717) is 12.0 Å². The normalized spacial score (nSPS) is 9.53. The summed E-state index contributed by atoms with van der Waals surface area (Å²) < 4.78 is 13.3. The van der Waals surface area contributed by atoms with Gasteiger partial charge in [-0.15, -0.1) is 0 Å². The van der Waals surface area contributed by atoms with E-state index in [1.54, 1.807) is 19.1 Å². The molecule has 2 aromatic carbocycles. The molecule has 0 spiro atoms. The second kappa shape index (κ2) is 5.32. The molecule has 0 heterocycles. The molecular formula is C16H13F. The van der Waals surface area contributed by atoms with Crippen LogP contribution in [0.4, 0.5) is 4.39 Å². The maximum absolute atomic E-state index is 13.3. The molecule has 17 heavy (non-hydrogen) atoms. The lowest BCUT2D eigenvalue weighted by Gasteiger charge is -1.98. The SMILES string of the molecule is Cc1ccc(CC#Cc2ccccc2)cc1F. The molecule has 0 aliphatic rings. The molecule has 0 bridgehead atoms. The zero-order valence-corrected chi connectivity index (χ0v) is 9.70. The van der Waals surface area contributed by atoms with Crippen LogP contribution in [0.25, 0.3) is 0 Å². The number of aryl methyl sites for hydroxylation is 1. The first-order valence-corrected chi connectivity index (χ1v) is 5.54. The molecule has 1 heteroatoms. The van der Waals surface area contributed by atoms with E-state index in [2.05, 4.69) is 11.8 Å². The minimum absolute atomic E-state index is 0.163. The third-order valence-electron chi connectivity index (χ3n) is 2.54. The first-order chi connectivity index (χ1) is 8.25. The number of rotatable bonds is 1. The molecular weight excluding hydrogens is 211 g/mol. The van der Waals surface area contributed by atoms with Crippen molar-refractivity contribution < 1.29 is 4.39 Å². The highest BCUT2D eigenvalue weighted by molar-refractivity contribution is 5.35. The van der Waals surface area contributed by atoms with E-state index in [1.807, 2.05) is 36.4 Å². The van der Waals surface area contributed by atoms with Crippen molar-refractivity contribution in [1.29, 1.82) is 0 Å². The molecule has 0 saturated carbocycles. The molecule has 0 N–H and O–H groups in total. The summed E-state index contributed by atoms with van der Waals surface area (Å²) in [7, 11) is 0. The number of hydrogen-bond donors (Lipinski definition) is 0. The van der Waals surface area contributed by atoms with E-state index in [4.69, 9.17) is 0 Å². The van der Waals surface area contributed by atoms with Crippen LogP contribution in [-0.4, -0.2) is 0 Å². The molecule has 0 saturated heterocycles. The molecule has 2 rings (SSSR count). The third-order valence-corrected chi connectivity index (χ3v) is 2.54. The maximum Gasteiger partial charge on any atom is 0.126 e. The Balaban J connectivity index is 2.08. The van der Waals surface area contributed by atoms with Gasteiger partial charge in [-0.25, -0.2) is 4.39 Å². The molecule has 0 unspecified atom stereocenters. The van der Waals surface area contributed by atoms with Gasteiger partial charge in [0, 0.05) is 12.0 Å². The van der Waals surface area contributed by atoms with Gasteiger partial charge in [0.05, 0.1) is 0 Å². The van der Waals surface area contributed by atoms with Crippen molar-refractivity contribution in [2.75, 3.05) is 0 Å². The average molecular weight is 224 g/mol. The summed E-state index contributed by atoms with van der Waals surface area (Å²) in [4.78, 5) is 0. The van der Waals surface area contributed by atoms with Crippen LogP contribution < -0.4 is 0 Å². The van der Waals surface area contributed by atoms with E-state index < -0.39 is 0 Å². The Labute approximate surface area is 101 Å². The largest absolute Gasteiger partial charge is 0.207 e. The summed E-state index contributed by atoms with van der Waals surface area (Å²) in [5, 5.41) is 0. The molecule has 0 amide bonds. The predicted molar refractivity (Wildman–Crippen MR) is 68.2 cm³/mol. The molecule has 0 aliphatic heterocycles. The number of benzene rings is 2. The summed E-state index contributed by atoms with van der Waals surface area (Å²) in [5.41, 5.74) is 2.57. The fourth-order valence-corrected chi connectivity index (χ4v) is 1.52. The lowest BCUT2D eigenvalue weighted by atomic mass is 10.1. The smallest absolute Gasteiger partial charge is 0.126 e. The van der Waals surface area contributed by atoms with Crippen LogP contribution in [0.15, 0.2) is 48.5 Å². The van der Waals surface area contributed by atoms with E-state index in [0.717, 1.165) is 11.1 Å². The summed E-state index contributed by atoms with van der Waals surface area (Å²) in [6, 6.07) is 15.0. The molecule has 0 aromatic heterocycles. The Morgan fingerprint density at radius 1 is 1.06 bits per heavy atom. The van der Waals surface area contributed by atoms with Crippen LogP contribution >= 0.6 is 0 Å². The van der Waals surface area contributed by atoms with Crippen molar-refractivity contribution in [2.24, 2.45) is 0 Å². The highest BCUT2D eigenvalue weighted by atomic mass is 19.1. The van der Waals surface area contributed by atoms with Gasteiger partial charge in [-0.3, -0.25) is 0 Å². The van der Waals surface area contributed by atoms with Crippen molar-refractivity contribution in [1.82, 2.24) is 0 Å². The van der Waals surface area contributed by atoms with E-state index in [9.17, 15) is 4.39 Å². The van der Waals surface area contributed by atoms with Crippen LogP contribution in [0.3, 0.4) is 0 Å². The molecule has 84 valence electrons. The summed E-state index contributed by atoms with van der Waals surface area (Å²) in [5.74, 6) is 5.94. The zero-order chi connectivity index (χ0) is 12.1. The standard InChI is InChI=1S/C16H13F/c1-13-10-11-15(12-16(13)17)9-5-8-14-6-3-2-4-7-14/h2-4,6-7,10-12H,9H2,1H3. The van der Waals surface area contributed by atoms with Gasteiger partial charge in [-0.2, -0.15) is 0 Å². The maximum atomic E-state index is 13.3. The van der Waals surface area contributed by atoms with Crippen LogP contribution in [0.1, 0.15) is 16.7 Å². The van der Waals surface area contributed by atoms with Crippen LogP contribution in [-0.2, 0) is 6.42 Å². The molecule has 2 aromatic rings. The molecule has 0 radical (unpaired) electrons. The Bertz CT molecular complexity index is 559. The third kappa shape index (κ3) is 3.19. The van der Waals surface area contributed by atoms with Gasteiger partial charge in [0.1, 0.15) is 5.82 Å². The average Bonchev–Trinajstić information content (AvgIpc) is 2.35. The Morgan fingerprint density at radius 2 is 1.82 bits per heavy atom. The molecule has 0 nitrogen and oxygen atoms in total. The summed E-state index contributed by atoms with van der Waals surface area (Å²) in [6.07, 6.45) is 0.575. The predicted octanol–water partition coefficient (Wildman–Crippen LogP) is 3.73. The first kappa shape index (κ1) is 11.4. The van der Waals surface area contributed by atoms with Gasteiger partial charge in [0.15, 0.2) is 0 Å². The van der Waals surface area contributed by atoms with Crippen molar-refractivity contribution >= 4 is 0 Å². The van der Waals surface area contributed by atoms with Crippen molar-refractivity contribution in [2.45, 2.75) is 13.3 Å². The van der Waals surface area contributed by atoms with Gasteiger partial charge in [0.25, 0.3) is 0 Å². The molecule has 0 fully saturated rings. The quantitative estimate of drug-likeness (QED) is 0.647. The molecule has 0 atom stereocenters. The fourth-order valence-electron chi connectivity index (χ4n) is 1.52. The highest BCUT2D eigenvalue weighted by Gasteiger charge is 1.97. The van der Waals surface area contributed by atoms with Gasteiger partial charge in [-0.1, -0.05) is 42.2 Å².